The van der Waals surface area contributed by atoms with Gasteiger partial charge in [0.15, 0.2) is 0 Å². The van der Waals surface area contributed by atoms with Crippen LogP contribution in [0, 0.1) is 5.92 Å². The van der Waals surface area contributed by atoms with Gasteiger partial charge in [0.25, 0.3) is 0 Å². The number of hydrogen-bond acceptors (Lipinski definition) is 2. The molecule has 0 aromatic heterocycles. The molecule has 3 saturated heterocycles. The van der Waals surface area contributed by atoms with E-state index in [4.69, 9.17) is 11.6 Å². The van der Waals surface area contributed by atoms with Gasteiger partial charge in [-0.2, -0.15) is 0 Å². The molecule has 3 aliphatic heterocycles. The summed E-state index contributed by atoms with van der Waals surface area (Å²) in [7, 11) is 0. The average Bonchev–Trinajstić information content (AvgIpc) is 3.27. The van der Waals surface area contributed by atoms with Gasteiger partial charge in [0.2, 0.25) is 5.91 Å². The summed E-state index contributed by atoms with van der Waals surface area (Å²) in [6, 6.07) is 18.5. The minimum atomic E-state index is -0.320. The number of carbonyl (C=O) groups is 1. The minimum absolute atomic E-state index is 0.267. The summed E-state index contributed by atoms with van der Waals surface area (Å²) < 4.78 is 0. The maximum atomic E-state index is 13.5. The van der Waals surface area contributed by atoms with Crippen LogP contribution in [0.3, 0.4) is 0 Å². The molecule has 128 valence electrons. The van der Waals surface area contributed by atoms with Crippen LogP contribution in [0.25, 0.3) is 0 Å². The Kier molecular flexibility index (Phi) is 3.44. The van der Waals surface area contributed by atoms with E-state index in [1.165, 1.54) is 5.56 Å². The van der Waals surface area contributed by atoms with E-state index in [1.807, 2.05) is 47.4 Å². The normalized spacial score (nSPS) is 31.4. The Hall–Kier alpha value is -1.84. The molecule has 0 saturated carbocycles. The van der Waals surface area contributed by atoms with E-state index in [0.29, 0.717) is 5.92 Å². The molecule has 1 spiro atoms. The lowest BCUT2D eigenvalue weighted by atomic mass is 9.85. The third kappa shape index (κ3) is 2.06. The fourth-order valence-electron chi connectivity index (χ4n) is 5.36. The molecule has 5 rings (SSSR count). The van der Waals surface area contributed by atoms with Gasteiger partial charge in [-0.15, -0.1) is 0 Å². The van der Waals surface area contributed by atoms with Crippen molar-refractivity contribution in [3.63, 3.8) is 0 Å². The molecule has 0 N–H and O–H groups in total. The first-order valence-electron chi connectivity index (χ1n) is 9.10. The lowest BCUT2D eigenvalue weighted by Gasteiger charge is -2.34. The molecule has 4 heteroatoms. The molecule has 3 atom stereocenters. The summed E-state index contributed by atoms with van der Waals surface area (Å²) in [4.78, 5) is 18.0. The van der Waals surface area contributed by atoms with E-state index in [2.05, 4.69) is 17.0 Å². The van der Waals surface area contributed by atoms with Crippen LogP contribution in [0.1, 0.15) is 30.9 Å². The largest absolute Gasteiger partial charge is 0.310 e. The second kappa shape index (κ2) is 5.58. The molecule has 0 bridgehead atoms. The highest BCUT2D eigenvalue weighted by atomic mass is 35.5. The Bertz CT molecular complexity index is 824. The van der Waals surface area contributed by atoms with Crippen LogP contribution < -0.4 is 4.90 Å². The smallest absolute Gasteiger partial charge is 0.247 e. The predicted molar refractivity (Wildman–Crippen MR) is 99.8 cm³/mol. The summed E-state index contributed by atoms with van der Waals surface area (Å²) in [5.74, 6) is 0.666. The summed E-state index contributed by atoms with van der Waals surface area (Å²) in [6.45, 7) is 1.81. The van der Waals surface area contributed by atoms with Crippen molar-refractivity contribution < 1.29 is 4.79 Å². The molecule has 2 aromatic carbocycles. The highest BCUT2D eigenvalue weighted by Gasteiger charge is 2.65. The predicted octanol–water partition coefficient (Wildman–Crippen LogP) is 4.28. The van der Waals surface area contributed by atoms with E-state index in [0.717, 1.165) is 43.1 Å². The van der Waals surface area contributed by atoms with Crippen molar-refractivity contribution in [1.82, 2.24) is 4.90 Å². The Morgan fingerprint density at radius 3 is 2.60 bits per heavy atom. The summed E-state index contributed by atoms with van der Waals surface area (Å²) in [6.07, 6.45) is 3.07. The Morgan fingerprint density at radius 2 is 1.80 bits per heavy atom. The van der Waals surface area contributed by atoms with Crippen molar-refractivity contribution in [3.05, 3.63) is 65.2 Å². The van der Waals surface area contributed by atoms with Crippen molar-refractivity contribution in [2.24, 2.45) is 5.92 Å². The number of benzene rings is 2. The number of para-hydroxylation sites is 1. The molecule has 3 fully saturated rings. The van der Waals surface area contributed by atoms with Crippen molar-refractivity contribution in [2.75, 3.05) is 18.0 Å². The van der Waals surface area contributed by atoms with Crippen LogP contribution >= 0.6 is 11.6 Å². The van der Waals surface area contributed by atoms with Crippen molar-refractivity contribution in [1.29, 1.82) is 0 Å². The Balaban J connectivity index is 1.53. The van der Waals surface area contributed by atoms with Crippen LogP contribution in [0.5, 0.6) is 0 Å². The van der Waals surface area contributed by atoms with Crippen molar-refractivity contribution in [3.8, 4) is 0 Å². The van der Waals surface area contributed by atoms with Gasteiger partial charge < -0.3 is 4.90 Å². The average molecular weight is 353 g/mol. The van der Waals surface area contributed by atoms with Crippen LogP contribution in [0.4, 0.5) is 5.69 Å². The summed E-state index contributed by atoms with van der Waals surface area (Å²) in [5.41, 5.74) is 1.89. The third-order valence-electron chi connectivity index (χ3n) is 6.38. The first-order valence-corrected chi connectivity index (χ1v) is 9.48. The number of nitrogens with zero attached hydrogens (tertiary/aromatic N) is 2. The van der Waals surface area contributed by atoms with Crippen LogP contribution in [-0.4, -0.2) is 29.4 Å². The van der Waals surface area contributed by atoms with E-state index in [1.54, 1.807) is 0 Å². The highest BCUT2D eigenvalue weighted by Crippen LogP contribution is 2.57. The second-order valence-electron chi connectivity index (χ2n) is 7.44. The molecule has 3 aliphatic rings. The number of amides is 1. The minimum Gasteiger partial charge on any atom is -0.310 e. The lowest BCUT2D eigenvalue weighted by Crippen LogP contribution is -2.49. The monoisotopic (exact) mass is 352 g/mol. The van der Waals surface area contributed by atoms with Crippen molar-refractivity contribution >= 4 is 23.2 Å². The maximum Gasteiger partial charge on any atom is 0.247 e. The molecule has 1 amide bonds. The summed E-state index contributed by atoms with van der Waals surface area (Å²) in [5, 5.41) is 0.821. The van der Waals surface area contributed by atoms with E-state index >= 15 is 0 Å². The SMILES string of the molecule is O=C1N(c2ccccc2)C[C@@H]2C[C@@H](c3ccccc3Cl)N3CCC[C@@]123. The first-order chi connectivity index (χ1) is 12.2. The molecular weight excluding hydrogens is 332 g/mol. The van der Waals surface area contributed by atoms with E-state index in [9.17, 15) is 4.79 Å². The van der Waals surface area contributed by atoms with Gasteiger partial charge in [-0.1, -0.05) is 48.0 Å². The number of hydrogen-bond donors (Lipinski definition) is 0. The van der Waals surface area contributed by atoms with Crippen molar-refractivity contribution in [2.45, 2.75) is 30.8 Å². The van der Waals surface area contributed by atoms with Gasteiger partial charge in [0.1, 0.15) is 5.54 Å². The second-order valence-corrected chi connectivity index (χ2v) is 7.85. The van der Waals surface area contributed by atoms with Gasteiger partial charge in [0, 0.05) is 29.2 Å². The highest BCUT2D eigenvalue weighted by molar-refractivity contribution is 6.31. The molecular formula is C21H21ClN2O. The fraction of sp³-hybridized carbons (Fsp3) is 0.381. The number of rotatable bonds is 2. The zero-order chi connectivity index (χ0) is 17.0. The van der Waals surface area contributed by atoms with Gasteiger partial charge in [0.05, 0.1) is 0 Å². The molecule has 0 radical (unpaired) electrons. The van der Waals surface area contributed by atoms with Gasteiger partial charge in [-0.3, -0.25) is 9.69 Å². The standard InChI is InChI=1S/C21H21ClN2O/c22-18-10-5-4-9-17(18)19-13-15-14-23(16-7-2-1-3-8-16)20(25)21(15)11-6-12-24(19)21/h1-5,7-10,15,19H,6,11-14H2/t15-,19-,21-/m0/s1. The van der Waals surface area contributed by atoms with Crippen LogP contribution in [-0.2, 0) is 4.79 Å². The first kappa shape index (κ1) is 15.4. The Labute approximate surface area is 153 Å². The van der Waals surface area contributed by atoms with Crippen LogP contribution in [0.15, 0.2) is 54.6 Å². The third-order valence-corrected chi connectivity index (χ3v) is 6.72. The lowest BCUT2D eigenvalue weighted by molar-refractivity contribution is -0.126. The number of anilines is 1. The zero-order valence-corrected chi connectivity index (χ0v) is 14.8. The van der Waals surface area contributed by atoms with Crippen LogP contribution in [0.2, 0.25) is 5.02 Å². The zero-order valence-electron chi connectivity index (χ0n) is 14.1. The van der Waals surface area contributed by atoms with Gasteiger partial charge in [-0.05, 0) is 49.6 Å². The molecule has 0 unspecified atom stereocenters. The molecule has 2 aromatic rings. The quantitative estimate of drug-likeness (QED) is 0.805. The van der Waals surface area contributed by atoms with Gasteiger partial charge >= 0.3 is 0 Å². The fourth-order valence-corrected chi connectivity index (χ4v) is 5.63. The molecule has 0 aliphatic carbocycles. The molecule has 3 nitrogen and oxygen atoms in total. The number of halogens is 1. The van der Waals surface area contributed by atoms with E-state index < -0.39 is 0 Å². The number of carbonyl (C=O) groups excluding carboxylic acids is 1. The maximum absolute atomic E-state index is 13.5. The molecule has 25 heavy (non-hydrogen) atoms. The van der Waals surface area contributed by atoms with Gasteiger partial charge in [-0.25, -0.2) is 0 Å². The topological polar surface area (TPSA) is 23.6 Å². The molecule has 3 heterocycles. The Morgan fingerprint density at radius 1 is 1.04 bits per heavy atom. The van der Waals surface area contributed by atoms with E-state index in [-0.39, 0.29) is 17.5 Å². The summed E-state index contributed by atoms with van der Waals surface area (Å²) >= 11 is 6.49.